The minimum atomic E-state index is -0.0644. The van der Waals surface area contributed by atoms with Crippen LogP contribution in [0.1, 0.15) is 59.5 Å². The van der Waals surface area contributed by atoms with Gasteiger partial charge in [-0.2, -0.15) is 4.98 Å². The number of hydrogen-bond acceptors (Lipinski definition) is 5. The van der Waals surface area contributed by atoms with Crippen LogP contribution in [0.3, 0.4) is 0 Å². The molecule has 1 amide bonds. The van der Waals surface area contributed by atoms with Crippen molar-refractivity contribution >= 4 is 17.5 Å². The van der Waals surface area contributed by atoms with Gasteiger partial charge in [-0.15, -0.1) is 0 Å². The van der Waals surface area contributed by atoms with E-state index in [-0.39, 0.29) is 18.5 Å². The van der Waals surface area contributed by atoms with Crippen molar-refractivity contribution in [1.29, 1.82) is 0 Å². The molecule has 1 aliphatic carbocycles. The first-order valence-corrected chi connectivity index (χ1v) is 13.1. The van der Waals surface area contributed by atoms with Crippen LogP contribution in [-0.2, 0) is 13.2 Å². The molecule has 0 saturated heterocycles. The molecule has 7 heteroatoms. The van der Waals surface area contributed by atoms with Crippen LogP contribution in [0.5, 0.6) is 5.75 Å². The Labute approximate surface area is 222 Å². The van der Waals surface area contributed by atoms with E-state index in [4.69, 9.17) is 20.9 Å². The number of ether oxygens (including phenoxy) is 1. The lowest BCUT2D eigenvalue weighted by atomic mass is 9.93. The first kappa shape index (κ1) is 25.0. The van der Waals surface area contributed by atoms with Crippen LogP contribution in [0.25, 0.3) is 11.4 Å². The third-order valence-electron chi connectivity index (χ3n) is 6.76. The fourth-order valence-electron chi connectivity index (χ4n) is 4.79. The van der Waals surface area contributed by atoms with Gasteiger partial charge in [-0.25, -0.2) is 0 Å². The molecule has 190 valence electrons. The molecular formula is C30H30ClN3O3. The van der Waals surface area contributed by atoms with Crippen LogP contribution in [0.2, 0.25) is 5.02 Å². The van der Waals surface area contributed by atoms with E-state index in [1.807, 2.05) is 78.6 Å². The van der Waals surface area contributed by atoms with Gasteiger partial charge in [-0.05, 0) is 50.1 Å². The quantitative estimate of drug-likeness (QED) is 0.247. The summed E-state index contributed by atoms with van der Waals surface area (Å²) >= 11 is 6.26. The van der Waals surface area contributed by atoms with Gasteiger partial charge in [0.2, 0.25) is 11.7 Å². The van der Waals surface area contributed by atoms with Crippen molar-refractivity contribution in [1.82, 2.24) is 15.0 Å². The van der Waals surface area contributed by atoms with E-state index in [0.29, 0.717) is 34.7 Å². The third-order valence-corrected chi connectivity index (χ3v) is 7.13. The van der Waals surface area contributed by atoms with Gasteiger partial charge in [-0.1, -0.05) is 84.0 Å². The maximum atomic E-state index is 13.8. The highest BCUT2D eigenvalue weighted by atomic mass is 35.5. The van der Waals surface area contributed by atoms with Gasteiger partial charge in [0.25, 0.3) is 5.91 Å². The van der Waals surface area contributed by atoms with Crippen LogP contribution < -0.4 is 4.74 Å². The van der Waals surface area contributed by atoms with Gasteiger partial charge < -0.3 is 14.2 Å². The Morgan fingerprint density at radius 2 is 1.84 bits per heavy atom. The molecule has 0 aliphatic heterocycles. The number of rotatable bonds is 8. The Morgan fingerprint density at radius 1 is 1.03 bits per heavy atom. The Morgan fingerprint density at radius 3 is 2.65 bits per heavy atom. The SMILES string of the molecule is Cc1cccc(-c2noc(CN(C(=O)c3cccc(OCc4ccccc4Cl)c3)C3CCCCC3)n2)c1. The van der Waals surface area contributed by atoms with E-state index in [0.717, 1.165) is 42.4 Å². The molecule has 37 heavy (non-hydrogen) atoms. The number of halogens is 1. The first-order valence-electron chi connectivity index (χ1n) is 12.7. The molecule has 5 rings (SSSR count). The lowest BCUT2D eigenvalue weighted by Crippen LogP contribution is -2.41. The van der Waals surface area contributed by atoms with Gasteiger partial charge in [0.05, 0.1) is 0 Å². The van der Waals surface area contributed by atoms with Crippen molar-refractivity contribution in [2.24, 2.45) is 0 Å². The minimum Gasteiger partial charge on any atom is -0.489 e. The summed E-state index contributed by atoms with van der Waals surface area (Å²) in [5, 5.41) is 4.83. The molecule has 4 aromatic rings. The molecule has 1 fully saturated rings. The Hall–Kier alpha value is -3.64. The predicted molar refractivity (Wildman–Crippen MR) is 143 cm³/mol. The third kappa shape index (κ3) is 6.20. The second-order valence-electron chi connectivity index (χ2n) is 9.51. The topological polar surface area (TPSA) is 68.5 Å². The number of carbonyl (C=O) groups excluding carboxylic acids is 1. The predicted octanol–water partition coefficient (Wildman–Crippen LogP) is 7.25. The molecule has 0 spiro atoms. The second-order valence-corrected chi connectivity index (χ2v) is 9.92. The maximum Gasteiger partial charge on any atom is 0.254 e. The largest absolute Gasteiger partial charge is 0.489 e. The zero-order valence-corrected chi connectivity index (χ0v) is 21.7. The summed E-state index contributed by atoms with van der Waals surface area (Å²) in [6, 6.07) is 23.0. The molecule has 1 heterocycles. The van der Waals surface area contributed by atoms with Crippen LogP contribution in [0.15, 0.2) is 77.3 Å². The standard InChI is InChI=1S/C30H30ClN3O3/c1-21-9-7-11-22(17-21)29-32-28(37-33-29)19-34(25-13-3-2-4-14-25)30(35)23-12-8-15-26(18-23)36-20-24-10-5-6-16-27(24)31/h5-12,15-18,25H,2-4,13-14,19-20H2,1H3. The van der Waals surface area contributed by atoms with Gasteiger partial charge in [0.15, 0.2) is 0 Å². The lowest BCUT2D eigenvalue weighted by molar-refractivity contribution is 0.0585. The molecule has 0 N–H and O–H groups in total. The molecule has 0 radical (unpaired) electrons. The smallest absolute Gasteiger partial charge is 0.254 e. The molecule has 3 aromatic carbocycles. The number of hydrogen-bond donors (Lipinski definition) is 0. The second kappa shape index (κ2) is 11.6. The zero-order valence-electron chi connectivity index (χ0n) is 20.9. The van der Waals surface area contributed by atoms with Crippen molar-refractivity contribution < 1.29 is 14.1 Å². The molecule has 1 aromatic heterocycles. The zero-order chi connectivity index (χ0) is 25.6. The Bertz CT molecular complexity index is 1360. The van der Waals surface area contributed by atoms with Crippen molar-refractivity contribution in [2.75, 3.05) is 0 Å². The summed E-state index contributed by atoms with van der Waals surface area (Å²) in [6.45, 7) is 2.63. The van der Waals surface area contributed by atoms with Crippen LogP contribution in [0, 0.1) is 6.92 Å². The van der Waals surface area contributed by atoms with Gasteiger partial charge in [-0.3, -0.25) is 4.79 Å². The number of carbonyl (C=O) groups is 1. The fraction of sp³-hybridized carbons (Fsp3) is 0.300. The van der Waals surface area contributed by atoms with Gasteiger partial charge in [0.1, 0.15) is 18.9 Å². The van der Waals surface area contributed by atoms with E-state index < -0.39 is 0 Å². The summed E-state index contributed by atoms with van der Waals surface area (Å²) < 4.78 is 11.6. The Kier molecular flexibility index (Phi) is 7.85. The van der Waals surface area contributed by atoms with E-state index in [9.17, 15) is 4.79 Å². The average molecular weight is 516 g/mol. The highest BCUT2D eigenvalue weighted by molar-refractivity contribution is 6.31. The molecule has 1 aliphatic rings. The molecule has 6 nitrogen and oxygen atoms in total. The molecular weight excluding hydrogens is 486 g/mol. The first-order chi connectivity index (χ1) is 18.1. The number of aromatic nitrogens is 2. The Balaban J connectivity index is 1.35. The minimum absolute atomic E-state index is 0.0644. The van der Waals surface area contributed by atoms with Gasteiger partial charge in [0, 0.05) is 27.8 Å². The summed E-state index contributed by atoms with van der Waals surface area (Å²) in [7, 11) is 0. The van der Waals surface area contributed by atoms with Crippen molar-refractivity contribution in [3.63, 3.8) is 0 Å². The van der Waals surface area contributed by atoms with Crippen LogP contribution >= 0.6 is 11.6 Å². The maximum absolute atomic E-state index is 13.8. The summed E-state index contributed by atoms with van der Waals surface area (Å²) in [5.74, 6) is 1.52. The highest BCUT2D eigenvalue weighted by Gasteiger charge is 2.28. The van der Waals surface area contributed by atoms with E-state index in [1.54, 1.807) is 6.07 Å². The lowest BCUT2D eigenvalue weighted by Gasteiger charge is -2.33. The number of aryl methyl sites for hydroxylation is 1. The van der Waals surface area contributed by atoms with E-state index >= 15 is 0 Å². The fourth-order valence-corrected chi connectivity index (χ4v) is 4.98. The van der Waals surface area contributed by atoms with Crippen molar-refractivity contribution in [2.45, 2.75) is 58.2 Å². The van der Waals surface area contributed by atoms with Gasteiger partial charge >= 0.3 is 0 Å². The van der Waals surface area contributed by atoms with Crippen molar-refractivity contribution in [3.8, 4) is 17.1 Å². The summed E-state index contributed by atoms with van der Waals surface area (Å²) in [4.78, 5) is 20.3. The molecule has 1 saturated carbocycles. The molecule has 0 unspecified atom stereocenters. The van der Waals surface area contributed by atoms with Crippen LogP contribution in [-0.4, -0.2) is 27.0 Å². The van der Waals surface area contributed by atoms with E-state index in [2.05, 4.69) is 10.1 Å². The summed E-state index contributed by atoms with van der Waals surface area (Å²) in [5.41, 5.74) is 3.49. The normalized spacial score (nSPS) is 13.9. The van der Waals surface area contributed by atoms with Crippen LogP contribution in [0.4, 0.5) is 0 Å². The monoisotopic (exact) mass is 515 g/mol. The highest BCUT2D eigenvalue weighted by Crippen LogP contribution is 2.27. The number of amides is 1. The molecule has 0 atom stereocenters. The summed E-state index contributed by atoms with van der Waals surface area (Å²) in [6.07, 6.45) is 5.34. The number of nitrogens with zero attached hydrogens (tertiary/aromatic N) is 3. The number of benzene rings is 3. The molecule has 0 bridgehead atoms. The van der Waals surface area contributed by atoms with Crippen molar-refractivity contribution in [3.05, 3.63) is 100 Å². The van der Waals surface area contributed by atoms with E-state index in [1.165, 1.54) is 6.42 Å². The average Bonchev–Trinajstić information content (AvgIpc) is 3.40.